The lowest BCUT2D eigenvalue weighted by Gasteiger charge is -2.26. The number of pyridine rings is 1. The Morgan fingerprint density at radius 1 is 1.47 bits per heavy atom. The van der Waals surface area contributed by atoms with E-state index in [1.54, 1.807) is 19.3 Å². The normalized spacial score (nSPS) is 17.4. The van der Waals surface area contributed by atoms with Gasteiger partial charge in [0.15, 0.2) is 0 Å². The minimum Gasteiger partial charge on any atom is -0.351 e. The van der Waals surface area contributed by atoms with Crippen molar-refractivity contribution in [1.29, 1.82) is 0 Å². The number of carbonyl (C=O) groups is 1. The second-order valence-electron chi connectivity index (χ2n) is 5.39. The Balaban J connectivity index is 2.01. The van der Waals surface area contributed by atoms with E-state index in [4.69, 9.17) is 0 Å². The number of aromatic nitrogens is 1. The van der Waals surface area contributed by atoms with E-state index in [9.17, 15) is 9.59 Å². The number of nitrogens with one attached hydrogen (secondary N) is 1. The van der Waals surface area contributed by atoms with Gasteiger partial charge in [-0.1, -0.05) is 28.8 Å². The maximum atomic E-state index is 12.0. The van der Waals surface area contributed by atoms with Crippen LogP contribution in [0.4, 0.5) is 0 Å². The van der Waals surface area contributed by atoms with Gasteiger partial charge < -0.3 is 9.88 Å². The van der Waals surface area contributed by atoms with Gasteiger partial charge in [0.05, 0.1) is 0 Å². The molecule has 1 fully saturated rings. The molecule has 0 atom stereocenters. The van der Waals surface area contributed by atoms with E-state index >= 15 is 0 Å². The molecular formula is C14H19BrN2O2. The molecule has 0 radical (unpaired) electrons. The van der Waals surface area contributed by atoms with Gasteiger partial charge in [-0.25, -0.2) is 0 Å². The summed E-state index contributed by atoms with van der Waals surface area (Å²) < 4.78 is 1.45. The molecule has 4 nitrogen and oxygen atoms in total. The average molecular weight is 327 g/mol. The van der Waals surface area contributed by atoms with Crippen LogP contribution in [-0.2, 0) is 7.05 Å². The van der Waals surface area contributed by atoms with Crippen LogP contribution in [0.2, 0.25) is 0 Å². The highest BCUT2D eigenvalue weighted by molar-refractivity contribution is 9.09. The SMILES string of the molecule is Cn1ccc(C(=O)NCC2(CBr)CCCC2)cc1=O. The van der Waals surface area contributed by atoms with Crippen molar-refractivity contribution in [2.24, 2.45) is 12.5 Å². The first kappa shape index (κ1) is 14.3. The van der Waals surface area contributed by atoms with Crippen LogP contribution in [0, 0.1) is 5.41 Å². The average Bonchev–Trinajstić information content (AvgIpc) is 2.89. The van der Waals surface area contributed by atoms with Crippen LogP contribution in [0.3, 0.4) is 0 Å². The third-order valence-electron chi connectivity index (χ3n) is 3.94. The van der Waals surface area contributed by atoms with Crippen molar-refractivity contribution in [3.05, 3.63) is 34.2 Å². The first-order chi connectivity index (χ1) is 9.06. The van der Waals surface area contributed by atoms with Crippen molar-refractivity contribution in [2.75, 3.05) is 11.9 Å². The van der Waals surface area contributed by atoms with Gasteiger partial charge in [-0.2, -0.15) is 0 Å². The summed E-state index contributed by atoms with van der Waals surface area (Å²) in [5.41, 5.74) is 0.463. The fraction of sp³-hybridized carbons (Fsp3) is 0.571. The Hall–Kier alpha value is -1.10. The van der Waals surface area contributed by atoms with Gasteiger partial charge in [0.2, 0.25) is 0 Å². The number of alkyl halides is 1. The molecule has 5 heteroatoms. The molecule has 0 saturated heterocycles. The lowest BCUT2D eigenvalue weighted by atomic mass is 9.89. The number of carbonyl (C=O) groups excluding carboxylic acids is 1. The summed E-state index contributed by atoms with van der Waals surface area (Å²) in [6.45, 7) is 0.673. The molecule has 19 heavy (non-hydrogen) atoms. The fourth-order valence-electron chi connectivity index (χ4n) is 2.54. The van der Waals surface area contributed by atoms with Gasteiger partial charge in [-0.05, 0) is 24.3 Å². The van der Waals surface area contributed by atoms with E-state index in [0.717, 1.165) is 18.2 Å². The zero-order valence-corrected chi connectivity index (χ0v) is 12.7. The van der Waals surface area contributed by atoms with E-state index in [2.05, 4.69) is 21.2 Å². The van der Waals surface area contributed by atoms with E-state index in [1.165, 1.54) is 23.5 Å². The van der Waals surface area contributed by atoms with Gasteiger partial charge in [-0.15, -0.1) is 0 Å². The standard InChI is InChI=1S/C14H19BrN2O2/c1-17-7-4-11(8-12(17)18)13(19)16-10-14(9-15)5-2-3-6-14/h4,7-8H,2-3,5-6,9-10H2,1H3,(H,16,19). The quantitative estimate of drug-likeness (QED) is 0.861. The third-order valence-corrected chi connectivity index (χ3v) is 5.13. The minimum absolute atomic E-state index is 0.162. The lowest BCUT2D eigenvalue weighted by Crippen LogP contribution is -2.37. The van der Waals surface area contributed by atoms with Crippen molar-refractivity contribution < 1.29 is 4.79 Å². The Bertz CT molecular complexity index is 518. The van der Waals surface area contributed by atoms with Crippen molar-refractivity contribution in [3.8, 4) is 0 Å². The van der Waals surface area contributed by atoms with E-state index in [-0.39, 0.29) is 16.9 Å². The van der Waals surface area contributed by atoms with E-state index in [0.29, 0.717) is 12.1 Å². The molecule has 1 amide bonds. The van der Waals surface area contributed by atoms with Gasteiger partial charge >= 0.3 is 0 Å². The molecule has 1 heterocycles. The summed E-state index contributed by atoms with van der Waals surface area (Å²) in [7, 11) is 1.67. The highest BCUT2D eigenvalue weighted by atomic mass is 79.9. The third kappa shape index (κ3) is 3.26. The number of hydrogen-bond donors (Lipinski definition) is 1. The summed E-state index contributed by atoms with van der Waals surface area (Å²) in [6.07, 6.45) is 6.37. The van der Waals surface area contributed by atoms with Crippen molar-refractivity contribution >= 4 is 21.8 Å². The van der Waals surface area contributed by atoms with E-state index < -0.39 is 0 Å². The highest BCUT2D eigenvalue weighted by Crippen LogP contribution is 2.38. The molecule has 2 rings (SSSR count). The Kier molecular flexibility index (Phi) is 4.45. The van der Waals surface area contributed by atoms with Gasteiger partial charge in [0.1, 0.15) is 0 Å². The zero-order chi connectivity index (χ0) is 13.9. The van der Waals surface area contributed by atoms with Crippen LogP contribution in [0.15, 0.2) is 23.1 Å². The molecule has 0 bridgehead atoms. The fourth-order valence-corrected chi connectivity index (χ4v) is 3.30. The summed E-state index contributed by atoms with van der Waals surface area (Å²) in [5.74, 6) is -0.162. The molecule has 1 saturated carbocycles. The monoisotopic (exact) mass is 326 g/mol. The predicted molar refractivity (Wildman–Crippen MR) is 78.7 cm³/mol. The van der Waals surface area contributed by atoms with Crippen LogP contribution < -0.4 is 10.9 Å². The first-order valence-corrected chi connectivity index (χ1v) is 7.69. The van der Waals surface area contributed by atoms with Crippen LogP contribution in [0.25, 0.3) is 0 Å². The maximum Gasteiger partial charge on any atom is 0.251 e. The number of hydrogen-bond acceptors (Lipinski definition) is 2. The lowest BCUT2D eigenvalue weighted by molar-refractivity contribution is 0.0935. The highest BCUT2D eigenvalue weighted by Gasteiger charge is 2.33. The second-order valence-corrected chi connectivity index (χ2v) is 5.95. The van der Waals surface area contributed by atoms with E-state index in [1.807, 2.05) is 0 Å². The molecule has 1 aliphatic rings. The summed E-state index contributed by atoms with van der Waals surface area (Å²) >= 11 is 3.56. The van der Waals surface area contributed by atoms with Crippen LogP contribution in [0.1, 0.15) is 36.0 Å². The van der Waals surface area contributed by atoms with Gasteiger partial charge in [-0.3, -0.25) is 9.59 Å². The summed E-state index contributed by atoms with van der Waals surface area (Å²) in [4.78, 5) is 23.5. The van der Waals surface area contributed by atoms with Gasteiger partial charge in [0.25, 0.3) is 11.5 Å². The minimum atomic E-state index is -0.163. The largest absolute Gasteiger partial charge is 0.351 e. The molecule has 104 valence electrons. The zero-order valence-electron chi connectivity index (χ0n) is 11.1. The molecular weight excluding hydrogens is 308 g/mol. The molecule has 0 unspecified atom stereocenters. The van der Waals surface area contributed by atoms with Crippen molar-refractivity contribution in [1.82, 2.24) is 9.88 Å². The predicted octanol–water partition coefficient (Wildman–Crippen LogP) is 2.07. The molecule has 1 N–H and O–H groups in total. The number of amides is 1. The first-order valence-electron chi connectivity index (χ1n) is 6.57. The maximum absolute atomic E-state index is 12.0. The Morgan fingerprint density at radius 3 is 2.74 bits per heavy atom. The summed E-state index contributed by atoms with van der Waals surface area (Å²) in [6, 6.07) is 3.05. The number of aryl methyl sites for hydroxylation is 1. The molecule has 0 aromatic carbocycles. The summed E-state index contributed by atoms with van der Waals surface area (Å²) in [5, 5.41) is 3.88. The Labute approximate surface area is 121 Å². The number of rotatable bonds is 4. The smallest absolute Gasteiger partial charge is 0.251 e. The molecule has 1 aromatic rings. The topological polar surface area (TPSA) is 51.1 Å². The Morgan fingerprint density at radius 2 is 2.16 bits per heavy atom. The van der Waals surface area contributed by atoms with Crippen molar-refractivity contribution in [3.63, 3.8) is 0 Å². The second kappa shape index (κ2) is 5.90. The molecule has 1 aromatic heterocycles. The van der Waals surface area contributed by atoms with Gasteiger partial charge in [0, 0.05) is 36.7 Å². The molecule has 0 aliphatic heterocycles. The molecule has 0 spiro atoms. The van der Waals surface area contributed by atoms with Crippen molar-refractivity contribution in [2.45, 2.75) is 25.7 Å². The number of halogens is 1. The molecule has 1 aliphatic carbocycles. The van der Waals surface area contributed by atoms with Crippen LogP contribution in [-0.4, -0.2) is 22.3 Å². The number of nitrogens with zero attached hydrogens (tertiary/aromatic N) is 1. The van der Waals surface area contributed by atoms with Crippen LogP contribution >= 0.6 is 15.9 Å². The van der Waals surface area contributed by atoms with Crippen LogP contribution in [0.5, 0.6) is 0 Å².